The van der Waals surface area contributed by atoms with Crippen LogP contribution >= 0.6 is 0 Å². The highest BCUT2D eigenvalue weighted by Gasteiger charge is 2.61. The molecule has 2 unspecified atom stereocenters. The van der Waals surface area contributed by atoms with E-state index in [0.717, 1.165) is 5.57 Å². The van der Waals surface area contributed by atoms with Crippen molar-refractivity contribution >= 4 is 23.4 Å². The van der Waals surface area contributed by atoms with Crippen LogP contribution in [0.3, 0.4) is 0 Å². The Morgan fingerprint density at radius 3 is 2.82 bits per heavy atom. The molecule has 0 saturated carbocycles. The first-order valence-corrected chi connectivity index (χ1v) is 7.24. The molecule has 5 heteroatoms. The van der Waals surface area contributed by atoms with E-state index in [-0.39, 0.29) is 30.1 Å². The van der Waals surface area contributed by atoms with Crippen molar-refractivity contribution in [2.45, 2.75) is 12.8 Å². The van der Waals surface area contributed by atoms with Crippen molar-refractivity contribution in [3.8, 4) is 0 Å². The summed E-state index contributed by atoms with van der Waals surface area (Å²) < 4.78 is 0. The van der Waals surface area contributed by atoms with Crippen LogP contribution in [-0.4, -0.2) is 17.7 Å². The van der Waals surface area contributed by atoms with Gasteiger partial charge in [0.15, 0.2) is 0 Å². The molecule has 5 nitrogen and oxygen atoms in total. The first-order valence-electron chi connectivity index (χ1n) is 7.24. The van der Waals surface area contributed by atoms with E-state index in [0.29, 0.717) is 17.7 Å². The van der Waals surface area contributed by atoms with E-state index >= 15 is 0 Å². The van der Waals surface area contributed by atoms with E-state index in [1.807, 2.05) is 30.4 Å². The normalized spacial score (nSPS) is 28.1. The summed E-state index contributed by atoms with van der Waals surface area (Å²) in [6, 6.07) is 9.09. The molecule has 0 spiro atoms. The number of imide groups is 1. The molecule has 2 N–H and O–H groups in total. The minimum Gasteiger partial charge on any atom is -0.326 e. The minimum absolute atomic E-state index is 0.00664. The third-order valence-electron chi connectivity index (χ3n) is 4.73. The van der Waals surface area contributed by atoms with Gasteiger partial charge in [-0.1, -0.05) is 30.4 Å². The van der Waals surface area contributed by atoms with Crippen LogP contribution < -0.4 is 10.6 Å². The number of anilines is 1. The van der Waals surface area contributed by atoms with Gasteiger partial charge in [0.25, 0.3) is 5.91 Å². The Hall–Kier alpha value is -2.69. The molecule has 3 aliphatic rings. The summed E-state index contributed by atoms with van der Waals surface area (Å²) in [5.41, 5.74) is 1.05. The summed E-state index contributed by atoms with van der Waals surface area (Å²) in [4.78, 5) is 36.8. The number of carbonyl (C=O) groups is 3. The molecule has 110 valence electrons. The molecule has 0 aromatic heterocycles. The first kappa shape index (κ1) is 13.0. The fraction of sp³-hybridized carbons (Fsp3) is 0.235. The van der Waals surface area contributed by atoms with Crippen molar-refractivity contribution in [1.29, 1.82) is 0 Å². The fourth-order valence-corrected chi connectivity index (χ4v) is 3.79. The van der Waals surface area contributed by atoms with Gasteiger partial charge in [-0.15, -0.1) is 0 Å². The number of hydrogen-bond acceptors (Lipinski definition) is 3. The molecule has 2 atom stereocenters. The maximum atomic E-state index is 12.4. The van der Waals surface area contributed by atoms with Crippen LogP contribution in [0.25, 0.3) is 0 Å². The van der Waals surface area contributed by atoms with Crippen molar-refractivity contribution in [3.05, 3.63) is 53.6 Å². The molecule has 1 aromatic rings. The number of rotatable bonds is 3. The van der Waals surface area contributed by atoms with Crippen LogP contribution in [0.1, 0.15) is 12.8 Å². The highest BCUT2D eigenvalue weighted by molar-refractivity contribution is 6.20. The molecule has 1 saturated heterocycles. The number of hydrogen-bond donors (Lipinski definition) is 2. The molecule has 1 fully saturated rings. The lowest BCUT2D eigenvalue weighted by Crippen LogP contribution is -2.39. The predicted octanol–water partition coefficient (Wildman–Crippen LogP) is 1.54. The van der Waals surface area contributed by atoms with Gasteiger partial charge in [-0.2, -0.15) is 0 Å². The number of para-hydroxylation sites is 1. The van der Waals surface area contributed by atoms with Gasteiger partial charge in [-0.25, -0.2) is 0 Å². The molecular formula is C17H14N2O3. The van der Waals surface area contributed by atoms with Gasteiger partial charge in [0.1, 0.15) is 0 Å². The Balaban J connectivity index is 1.63. The van der Waals surface area contributed by atoms with Gasteiger partial charge in [0.05, 0.1) is 5.41 Å². The lowest BCUT2D eigenvalue weighted by Gasteiger charge is -2.28. The number of carbonyl (C=O) groups excluding carboxylic acids is 3. The maximum absolute atomic E-state index is 12.4. The molecular weight excluding hydrogens is 280 g/mol. The summed E-state index contributed by atoms with van der Waals surface area (Å²) >= 11 is 0. The maximum Gasteiger partial charge on any atom is 0.255 e. The van der Waals surface area contributed by atoms with E-state index in [2.05, 4.69) is 10.6 Å². The number of amides is 3. The number of fused-ring (bicyclic) bond motifs is 4. The van der Waals surface area contributed by atoms with Gasteiger partial charge in [0.2, 0.25) is 11.8 Å². The molecule has 3 amide bonds. The molecule has 1 aliphatic heterocycles. The van der Waals surface area contributed by atoms with Crippen molar-refractivity contribution in [2.75, 3.05) is 5.32 Å². The van der Waals surface area contributed by atoms with Crippen molar-refractivity contribution in [1.82, 2.24) is 5.32 Å². The molecule has 22 heavy (non-hydrogen) atoms. The predicted molar refractivity (Wildman–Crippen MR) is 79.5 cm³/mol. The quantitative estimate of drug-likeness (QED) is 0.830. The average molecular weight is 294 g/mol. The molecule has 1 heterocycles. The summed E-state index contributed by atoms with van der Waals surface area (Å²) in [7, 11) is 0. The first-order chi connectivity index (χ1) is 10.6. The zero-order chi connectivity index (χ0) is 15.3. The highest BCUT2D eigenvalue weighted by Crippen LogP contribution is 2.57. The lowest BCUT2D eigenvalue weighted by atomic mass is 9.71. The van der Waals surface area contributed by atoms with E-state index in [1.54, 1.807) is 12.1 Å². The fourth-order valence-electron chi connectivity index (χ4n) is 3.79. The highest BCUT2D eigenvalue weighted by atomic mass is 16.2. The van der Waals surface area contributed by atoms with E-state index in [9.17, 15) is 14.4 Å². The summed E-state index contributed by atoms with van der Waals surface area (Å²) in [6.45, 7) is 0. The van der Waals surface area contributed by atoms with E-state index < -0.39 is 5.41 Å². The van der Waals surface area contributed by atoms with E-state index in [4.69, 9.17) is 0 Å². The monoisotopic (exact) mass is 294 g/mol. The third kappa shape index (κ3) is 1.62. The van der Waals surface area contributed by atoms with Gasteiger partial charge < -0.3 is 5.32 Å². The third-order valence-corrected chi connectivity index (χ3v) is 4.73. The van der Waals surface area contributed by atoms with Crippen LogP contribution in [0.5, 0.6) is 0 Å². The standard InChI is InChI=1S/C17H14N2O3/c20-13(18-12-4-2-1-3-5-12)9-17-11-7-6-10(8-11)14(17)15(21)19-16(17)22/h1-7,11H,8-9H2,(H,18,20)(H,19,21,22). The molecule has 0 radical (unpaired) electrons. The van der Waals surface area contributed by atoms with Crippen LogP contribution in [0.15, 0.2) is 53.6 Å². The Morgan fingerprint density at radius 1 is 1.27 bits per heavy atom. The van der Waals surface area contributed by atoms with Crippen LogP contribution in [0.4, 0.5) is 5.69 Å². The molecule has 2 aliphatic carbocycles. The summed E-state index contributed by atoms with van der Waals surface area (Å²) in [5.74, 6) is -1.04. The zero-order valence-electron chi connectivity index (χ0n) is 11.8. The second-order valence-electron chi connectivity index (χ2n) is 5.92. The van der Waals surface area contributed by atoms with Crippen LogP contribution in [0.2, 0.25) is 0 Å². The minimum atomic E-state index is -1.01. The van der Waals surface area contributed by atoms with Crippen molar-refractivity contribution in [3.63, 3.8) is 0 Å². The van der Waals surface area contributed by atoms with Crippen molar-refractivity contribution in [2.24, 2.45) is 11.3 Å². The molecule has 2 bridgehead atoms. The van der Waals surface area contributed by atoms with Crippen LogP contribution in [-0.2, 0) is 14.4 Å². The van der Waals surface area contributed by atoms with Gasteiger partial charge in [-0.3, -0.25) is 19.7 Å². The summed E-state index contributed by atoms with van der Waals surface area (Å²) in [6.07, 6.45) is 4.50. The average Bonchev–Trinajstić information content (AvgIpc) is 3.13. The Kier molecular flexibility index (Phi) is 2.60. The van der Waals surface area contributed by atoms with Gasteiger partial charge >= 0.3 is 0 Å². The van der Waals surface area contributed by atoms with Crippen molar-refractivity contribution < 1.29 is 14.4 Å². The number of nitrogens with one attached hydrogen (secondary N) is 2. The SMILES string of the molecule is O=C(CC12C(=O)NC(=O)C1=C1C=CC2C1)Nc1ccccc1. The van der Waals surface area contributed by atoms with Gasteiger partial charge in [-0.05, 0) is 24.1 Å². The molecule has 4 rings (SSSR count). The number of benzene rings is 1. The van der Waals surface area contributed by atoms with Gasteiger partial charge in [0, 0.05) is 23.6 Å². The lowest BCUT2D eigenvalue weighted by molar-refractivity contribution is -0.133. The molecule has 1 aromatic carbocycles. The Bertz CT molecular complexity index is 763. The topological polar surface area (TPSA) is 75.3 Å². The van der Waals surface area contributed by atoms with Crippen LogP contribution in [0, 0.1) is 11.3 Å². The smallest absolute Gasteiger partial charge is 0.255 e. The largest absolute Gasteiger partial charge is 0.326 e. The van der Waals surface area contributed by atoms with E-state index in [1.165, 1.54) is 0 Å². The Labute approximate surface area is 127 Å². The second-order valence-corrected chi connectivity index (χ2v) is 5.92. The Morgan fingerprint density at radius 2 is 2.05 bits per heavy atom. The number of allylic oxidation sites excluding steroid dienone is 3. The summed E-state index contributed by atoms with van der Waals surface area (Å²) in [5, 5.41) is 5.17. The second kappa shape index (κ2) is 4.40. The zero-order valence-corrected chi connectivity index (χ0v) is 11.8.